The summed E-state index contributed by atoms with van der Waals surface area (Å²) in [5.74, 6) is -0.477. The van der Waals surface area contributed by atoms with Crippen LogP contribution in [0.15, 0.2) is 12.2 Å². The minimum absolute atomic E-state index is 0.0840. The second kappa shape index (κ2) is 13.6. The summed E-state index contributed by atoms with van der Waals surface area (Å²) < 4.78 is 20.0. The highest BCUT2D eigenvalue weighted by molar-refractivity contribution is 6.26. The smallest absolute Gasteiger partial charge is 0.407 e. The molecule has 0 rings (SSSR count). The van der Waals surface area contributed by atoms with Gasteiger partial charge in [-0.15, -0.1) is 0 Å². The van der Waals surface area contributed by atoms with Crippen LogP contribution in [-0.4, -0.2) is 61.9 Å². The SMILES string of the molecule is C=C(C)C(=O)OCCNC(=O)OCCOCCC[SiH2]OC. The summed E-state index contributed by atoms with van der Waals surface area (Å²) in [6.45, 7) is 6.49. The molecular weight excluding hydrogens is 294 g/mol. The van der Waals surface area contributed by atoms with E-state index in [1.165, 1.54) is 0 Å². The Morgan fingerprint density at radius 2 is 1.90 bits per heavy atom. The third kappa shape index (κ3) is 13.4. The third-order valence-electron chi connectivity index (χ3n) is 2.30. The number of alkyl carbamates (subject to hydrolysis) is 1. The molecule has 21 heavy (non-hydrogen) atoms. The average molecular weight is 319 g/mol. The van der Waals surface area contributed by atoms with E-state index in [1.807, 2.05) is 0 Å². The number of hydrogen-bond acceptors (Lipinski definition) is 6. The van der Waals surface area contributed by atoms with Gasteiger partial charge in [-0.05, 0) is 19.4 Å². The van der Waals surface area contributed by atoms with Crippen LogP contribution < -0.4 is 5.32 Å². The summed E-state index contributed by atoms with van der Waals surface area (Å²) in [7, 11) is 1.35. The van der Waals surface area contributed by atoms with Crippen LogP contribution in [0.5, 0.6) is 0 Å². The highest BCUT2D eigenvalue weighted by Crippen LogP contribution is 1.91. The van der Waals surface area contributed by atoms with Gasteiger partial charge in [0, 0.05) is 19.3 Å². The highest BCUT2D eigenvalue weighted by atomic mass is 28.2. The number of carbonyl (C=O) groups is 2. The lowest BCUT2D eigenvalue weighted by atomic mass is 10.4. The van der Waals surface area contributed by atoms with Gasteiger partial charge in [0.15, 0.2) is 9.76 Å². The molecule has 0 aliphatic rings. The lowest BCUT2D eigenvalue weighted by Crippen LogP contribution is -2.29. The standard InChI is InChI=1S/C13H25NO6Si/c1-11(2)12(15)19-7-5-14-13(16)20-9-8-18-6-4-10-21-17-3/h1,4-10,21H2,2-3H3,(H,14,16). The molecule has 0 aromatic carbocycles. The van der Waals surface area contributed by atoms with Crippen LogP contribution in [0, 0.1) is 0 Å². The fraction of sp³-hybridized carbons (Fsp3) is 0.692. The van der Waals surface area contributed by atoms with Crippen LogP contribution in [0.25, 0.3) is 0 Å². The zero-order valence-corrected chi connectivity index (χ0v) is 14.2. The number of nitrogens with one attached hydrogen (secondary N) is 1. The van der Waals surface area contributed by atoms with Crippen LogP contribution in [0.3, 0.4) is 0 Å². The van der Waals surface area contributed by atoms with E-state index in [9.17, 15) is 9.59 Å². The highest BCUT2D eigenvalue weighted by Gasteiger charge is 2.04. The van der Waals surface area contributed by atoms with Crippen molar-refractivity contribution in [2.24, 2.45) is 0 Å². The molecule has 0 spiro atoms. The summed E-state index contributed by atoms with van der Waals surface area (Å²) in [6, 6.07) is 1.08. The Bertz CT molecular complexity index is 324. The van der Waals surface area contributed by atoms with Crippen LogP contribution in [0.1, 0.15) is 13.3 Å². The number of ether oxygens (including phenoxy) is 3. The first-order valence-electron chi connectivity index (χ1n) is 6.88. The van der Waals surface area contributed by atoms with Gasteiger partial charge in [-0.2, -0.15) is 0 Å². The lowest BCUT2D eigenvalue weighted by Gasteiger charge is -2.08. The van der Waals surface area contributed by atoms with E-state index in [-0.39, 0.29) is 29.5 Å². The topological polar surface area (TPSA) is 83.1 Å². The minimum Gasteiger partial charge on any atom is -0.460 e. The molecule has 0 fully saturated rings. The van der Waals surface area contributed by atoms with Gasteiger partial charge in [-0.25, -0.2) is 9.59 Å². The third-order valence-corrected chi connectivity index (χ3v) is 3.50. The Labute approximate surface area is 127 Å². The van der Waals surface area contributed by atoms with Crippen molar-refractivity contribution in [2.75, 3.05) is 40.1 Å². The second-order valence-electron chi connectivity index (χ2n) is 4.29. The minimum atomic E-state index is -0.559. The van der Waals surface area contributed by atoms with E-state index in [1.54, 1.807) is 14.0 Å². The first-order valence-corrected chi connectivity index (χ1v) is 8.45. The van der Waals surface area contributed by atoms with Gasteiger partial charge in [-0.3, -0.25) is 0 Å². The molecule has 1 N–H and O–H groups in total. The number of rotatable bonds is 12. The molecule has 0 unspecified atom stereocenters. The predicted molar refractivity (Wildman–Crippen MR) is 80.9 cm³/mol. The lowest BCUT2D eigenvalue weighted by molar-refractivity contribution is -0.138. The van der Waals surface area contributed by atoms with Crippen LogP contribution in [0.4, 0.5) is 4.79 Å². The number of carbonyl (C=O) groups excluding carboxylic acids is 2. The normalized spacial score (nSPS) is 10.6. The Morgan fingerprint density at radius 3 is 2.57 bits per heavy atom. The first-order chi connectivity index (χ1) is 10.1. The molecule has 0 saturated heterocycles. The zero-order valence-electron chi connectivity index (χ0n) is 12.8. The van der Waals surface area contributed by atoms with Gasteiger partial charge in [0.05, 0.1) is 13.2 Å². The van der Waals surface area contributed by atoms with Crippen molar-refractivity contribution in [3.63, 3.8) is 0 Å². The van der Waals surface area contributed by atoms with E-state index in [0.717, 1.165) is 12.5 Å². The summed E-state index contributed by atoms with van der Waals surface area (Å²) >= 11 is 0. The van der Waals surface area contributed by atoms with Crippen LogP contribution >= 0.6 is 0 Å². The molecule has 0 aromatic rings. The number of esters is 1. The molecule has 0 heterocycles. The van der Waals surface area contributed by atoms with E-state index in [0.29, 0.717) is 18.8 Å². The van der Waals surface area contributed by atoms with Gasteiger partial charge in [-0.1, -0.05) is 6.58 Å². The quantitative estimate of drug-likeness (QED) is 0.242. The van der Waals surface area contributed by atoms with Crippen molar-refractivity contribution in [1.82, 2.24) is 5.32 Å². The Balaban J connectivity index is 3.31. The molecular formula is C13H25NO6Si. The molecule has 1 amide bonds. The molecule has 0 atom stereocenters. The van der Waals surface area contributed by atoms with E-state index < -0.39 is 12.1 Å². The molecule has 0 saturated carbocycles. The predicted octanol–water partition coefficient (Wildman–Crippen LogP) is 0.387. The van der Waals surface area contributed by atoms with Crippen molar-refractivity contribution in [2.45, 2.75) is 19.4 Å². The van der Waals surface area contributed by atoms with Crippen molar-refractivity contribution >= 4 is 21.8 Å². The fourth-order valence-electron chi connectivity index (χ4n) is 1.22. The van der Waals surface area contributed by atoms with Gasteiger partial charge in [0.25, 0.3) is 0 Å². The summed E-state index contributed by atoms with van der Waals surface area (Å²) in [5.41, 5.74) is 0.322. The van der Waals surface area contributed by atoms with Gasteiger partial charge >= 0.3 is 12.1 Å². The van der Waals surface area contributed by atoms with Crippen molar-refractivity contribution < 1.29 is 28.2 Å². The number of hydrogen-bond donors (Lipinski definition) is 1. The average Bonchev–Trinajstić information content (AvgIpc) is 2.46. The summed E-state index contributed by atoms with van der Waals surface area (Å²) in [6.07, 6.45) is 0.414. The number of amides is 1. The van der Waals surface area contributed by atoms with E-state index >= 15 is 0 Å². The summed E-state index contributed by atoms with van der Waals surface area (Å²) in [5, 5.41) is 2.46. The maximum atomic E-state index is 11.2. The molecule has 122 valence electrons. The Morgan fingerprint density at radius 1 is 1.14 bits per heavy atom. The molecule has 0 radical (unpaired) electrons. The zero-order chi connectivity index (χ0) is 15.9. The molecule has 8 heteroatoms. The van der Waals surface area contributed by atoms with Crippen molar-refractivity contribution in [3.8, 4) is 0 Å². The molecule has 0 aliphatic carbocycles. The monoisotopic (exact) mass is 319 g/mol. The van der Waals surface area contributed by atoms with Crippen LogP contribution in [-0.2, 0) is 23.4 Å². The molecule has 0 aliphatic heterocycles. The first kappa shape index (κ1) is 19.6. The van der Waals surface area contributed by atoms with Crippen LogP contribution in [0.2, 0.25) is 6.04 Å². The largest absolute Gasteiger partial charge is 0.460 e. The molecule has 0 bridgehead atoms. The van der Waals surface area contributed by atoms with Gasteiger partial charge in [0.2, 0.25) is 0 Å². The van der Waals surface area contributed by atoms with Gasteiger partial charge in [0.1, 0.15) is 13.2 Å². The second-order valence-corrected chi connectivity index (χ2v) is 5.98. The molecule has 0 aromatic heterocycles. The van der Waals surface area contributed by atoms with Crippen molar-refractivity contribution in [3.05, 3.63) is 12.2 Å². The maximum absolute atomic E-state index is 11.2. The summed E-state index contributed by atoms with van der Waals surface area (Å²) in [4.78, 5) is 22.3. The Hall–Kier alpha value is -1.38. The fourth-order valence-corrected chi connectivity index (χ4v) is 1.91. The molecule has 7 nitrogen and oxygen atoms in total. The Kier molecular flexibility index (Phi) is 12.7. The van der Waals surface area contributed by atoms with Crippen molar-refractivity contribution in [1.29, 1.82) is 0 Å². The van der Waals surface area contributed by atoms with E-state index in [4.69, 9.17) is 18.6 Å². The van der Waals surface area contributed by atoms with E-state index in [2.05, 4.69) is 11.9 Å². The van der Waals surface area contributed by atoms with Gasteiger partial charge < -0.3 is 24.0 Å². The maximum Gasteiger partial charge on any atom is 0.407 e.